The zero-order valence-electron chi connectivity index (χ0n) is 19.6. The molecule has 0 aliphatic carbocycles. The van der Waals surface area contributed by atoms with Gasteiger partial charge in [0.2, 0.25) is 0 Å². The van der Waals surface area contributed by atoms with Gasteiger partial charge in [-0.15, -0.1) is 18.1 Å². The molecule has 1 aliphatic rings. The number of anilines is 1. The molecule has 0 saturated carbocycles. The molecule has 1 aliphatic heterocycles. The largest absolute Gasteiger partial charge is 0.573 e. The number of nitrogens with one attached hydrogen (secondary N) is 1. The maximum atomic E-state index is 13.6. The molecule has 4 rings (SSSR count). The highest BCUT2D eigenvalue weighted by molar-refractivity contribution is 5.94. The van der Waals surface area contributed by atoms with Crippen LogP contribution in [0, 0.1) is 24.1 Å². The summed E-state index contributed by atoms with van der Waals surface area (Å²) in [6, 6.07) is 17.6. The molecule has 5 nitrogen and oxygen atoms in total. The van der Waals surface area contributed by atoms with E-state index in [4.69, 9.17) is 6.57 Å². The number of piperidine rings is 1. The van der Waals surface area contributed by atoms with E-state index in [1.807, 2.05) is 4.90 Å². The average Bonchev–Trinajstić information content (AvgIpc) is 2.87. The first-order valence-electron chi connectivity index (χ1n) is 11.5. The van der Waals surface area contributed by atoms with Crippen molar-refractivity contribution in [2.75, 3.05) is 18.4 Å². The highest BCUT2D eigenvalue weighted by atomic mass is 19.4. The van der Waals surface area contributed by atoms with Crippen LogP contribution < -0.4 is 10.1 Å². The lowest BCUT2D eigenvalue weighted by molar-refractivity contribution is -0.274. The SMILES string of the molecule is [C-]#[N+]/N=C(/Nc1ccc(OC(F)(F)F)cc1)N1CCCC(C(c2ccc(F)cc2)c2ccc(F)cc2)C1. The molecule has 0 radical (unpaired) electrons. The van der Waals surface area contributed by atoms with Crippen molar-refractivity contribution < 1.29 is 26.7 Å². The van der Waals surface area contributed by atoms with Crippen LogP contribution >= 0.6 is 0 Å². The summed E-state index contributed by atoms with van der Waals surface area (Å²) in [6.45, 7) is 8.35. The highest BCUT2D eigenvalue weighted by Gasteiger charge is 2.33. The van der Waals surface area contributed by atoms with Crippen molar-refractivity contribution in [2.24, 2.45) is 11.0 Å². The molecular weight excluding hydrogens is 491 g/mol. The van der Waals surface area contributed by atoms with Gasteiger partial charge in [-0.1, -0.05) is 24.3 Å². The van der Waals surface area contributed by atoms with Crippen LogP contribution in [-0.4, -0.2) is 30.3 Å². The number of halogens is 5. The van der Waals surface area contributed by atoms with E-state index in [-0.39, 0.29) is 35.2 Å². The van der Waals surface area contributed by atoms with Crippen molar-refractivity contribution in [3.05, 3.63) is 107 Å². The Balaban J connectivity index is 1.56. The van der Waals surface area contributed by atoms with Crippen LogP contribution in [0.3, 0.4) is 0 Å². The molecule has 1 N–H and O–H groups in total. The fourth-order valence-electron chi connectivity index (χ4n) is 4.64. The Labute approximate surface area is 211 Å². The Bertz CT molecular complexity index is 1210. The highest BCUT2D eigenvalue weighted by Crippen LogP contribution is 2.37. The van der Waals surface area contributed by atoms with Gasteiger partial charge in [0, 0.05) is 24.7 Å². The van der Waals surface area contributed by atoms with Crippen LogP contribution in [0.15, 0.2) is 77.9 Å². The van der Waals surface area contributed by atoms with Crippen LogP contribution in [-0.2, 0) is 0 Å². The smallest absolute Gasteiger partial charge is 0.406 e. The molecule has 0 bridgehead atoms. The number of hydrogen-bond acceptors (Lipinski definition) is 2. The lowest BCUT2D eigenvalue weighted by Gasteiger charge is -2.38. The fourth-order valence-corrected chi connectivity index (χ4v) is 4.64. The quantitative estimate of drug-likeness (QED) is 0.131. The van der Waals surface area contributed by atoms with Crippen molar-refractivity contribution in [2.45, 2.75) is 25.1 Å². The molecule has 0 spiro atoms. The second-order valence-corrected chi connectivity index (χ2v) is 8.65. The molecule has 192 valence electrons. The van der Waals surface area contributed by atoms with Crippen LogP contribution in [0.5, 0.6) is 5.75 Å². The molecule has 1 unspecified atom stereocenters. The van der Waals surface area contributed by atoms with Gasteiger partial charge in [-0.25, -0.2) is 8.78 Å². The van der Waals surface area contributed by atoms with Gasteiger partial charge in [-0.3, -0.25) is 0 Å². The third kappa shape index (κ3) is 6.97. The Kier molecular flexibility index (Phi) is 7.92. The summed E-state index contributed by atoms with van der Waals surface area (Å²) < 4.78 is 68.5. The summed E-state index contributed by atoms with van der Waals surface area (Å²) in [6.07, 6.45) is -3.18. The third-order valence-corrected chi connectivity index (χ3v) is 6.18. The summed E-state index contributed by atoms with van der Waals surface area (Å²) in [5.41, 5.74) is 2.21. The minimum atomic E-state index is -4.79. The minimum absolute atomic E-state index is 0.0324. The average molecular weight is 514 g/mol. The molecule has 1 saturated heterocycles. The van der Waals surface area contributed by atoms with Crippen LogP contribution in [0.4, 0.5) is 27.6 Å². The maximum absolute atomic E-state index is 13.6. The summed E-state index contributed by atoms with van der Waals surface area (Å²) >= 11 is 0. The van der Waals surface area contributed by atoms with E-state index in [2.05, 4.69) is 20.1 Å². The van der Waals surface area contributed by atoms with Gasteiger partial charge in [0.25, 0.3) is 5.96 Å². The van der Waals surface area contributed by atoms with Gasteiger partial charge in [0.05, 0.1) is 0 Å². The van der Waals surface area contributed by atoms with Gasteiger partial charge < -0.3 is 15.0 Å². The van der Waals surface area contributed by atoms with Gasteiger partial charge in [0.15, 0.2) is 0 Å². The summed E-state index contributed by atoms with van der Waals surface area (Å²) in [7, 11) is 0. The lowest BCUT2D eigenvalue weighted by Crippen LogP contribution is -2.44. The van der Waals surface area contributed by atoms with Gasteiger partial charge in [-0.2, -0.15) is 6.57 Å². The van der Waals surface area contributed by atoms with Crippen molar-refractivity contribution >= 4 is 11.6 Å². The molecule has 1 atom stereocenters. The summed E-state index contributed by atoms with van der Waals surface area (Å²) in [5.74, 6) is -0.923. The monoisotopic (exact) mass is 514 g/mol. The molecule has 0 amide bonds. The first-order valence-corrected chi connectivity index (χ1v) is 11.5. The lowest BCUT2D eigenvalue weighted by atomic mass is 9.77. The van der Waals surface area contributed by atoms with Gasteiger partial charge >= 0.3 is 6.36 Å². The number of nitrogens with zero attached hydrogens (tertiary/aromatic N) is 3. The Morgan fingerprint density at radius 2 is 1.51 bits per heavy atom. The van der Waals surface area contributed by atoms with E-state index >= 15 is 0 Å². The second kappa shape index (κ2) is 11.3. The number of guanidine groups is 1. The van der Waals surface area contributed by atoms with E-state index in [1.165, 1.54) is 48.5 Å². The van der Waals surface area contributed by atoms with Crippen LogP contribution in [0.1, 0.15) is 29.9 Å². The Hall–Kier alpha value is -4.13. The van der Waals surface area contributed by atoms with Crippen LogP contribution in [0.2, 0.25) is 0 Å². The number of rotatable bonds is 5. The number of benzene rings is 3. The van der Waals surface area contributed by atoms with Crippen molar-refractivity contribution in [3.8, 4) is 5.75 Å². The predicted molar refractivity (Wildman–Crippen MR) is 130 cm³/mol. The van der Waals surface area contributed by atoms with E-state index in [0.29, 0.717) is 18.8 Å². The Morgan fingerprint density at radius 3 is 2.03 bits per heavy atom. The first kappa shape index (κ1) is 25.9. The second-order valence-electron chi connectivity index (χ2n) is 8.65. The van der Waals surface area contributed by atoms with Gasteiger partial charge in [-0.05, 0) is 78.4 Å². The molecule has 3 aromatic carbocycles. The number of likely N-dealkylation sites (tertiary alicyclic amines) is 1. The predicted octanol–water partition coefficient (Wildman–Crippen LogP) is 7.01. The third-order valence-electron chi connectivity index (χ3n) is 6.18. The van der Waals surface area contributed by atoms with E-state index in [9.17, 15) is 22.0 Å². The van der Waals surface area contributed by atoms with Crippen molar-refractivity contribution in [3.63, 3.8) is 0 Å². The van der Waals surface area contributed by atoms with Crippen LogP contribution in [0.25, 0.3) is 4.95 Å². The molecule has 3 aromatic rings. The number of alkyl halides is 3. The fraction of sp³-hybridized carbons (Fsp3) is 0.259. The zero-order chi connectivity index (χ0) is 26.4. The standard InChI is InChI=1S/C27H23F5N4O/c1-33-35-26(34-23-12-14-24(15-13-23)37-27(30,31)32)36-16-2-3-20(17-36)25(18-4-8-21(28)9-5-18)19-6-10-22(29)11-7-19/h4-15,20,25H,2-3,16-17H2,(H,34,35). The van der Waals surface area contributed by atoms with E-state index < -0.39 is 6.36 Å². The van der Waals surface area contributed by atoms with E-state index in [0.717, 1.165) is 24.0 Å². The molecule has 1 heterocycles. The molecular formula is C27H23F5N4O. The van der Waals surface area contributed by atoms with E-state index in [1.54, 1.807) is 24.3 Å². The zero-order valence-corrected chi connectivity index (χ0v) is 19.6. The normalized spacial score (nSPS) is 16.4. The molecule has 0 aromatic heterocycles. The maximum Gasteiger partial charge on any atom is 0.573 e. The van der Waals surface area contributed by atoms with Crippen molar-refractivity contribution in [1.29, 1.82) is 0 Å². The molecule has 37 heavy (non-hydrogen) atoms. The number of hydrogen-bond donors (Lipinski definition) is 1. The molecule has 1 fully saturated rings. The summed E-state index contributed by atoms with van der Waals surface area (Å²) in [4.78, 5) is 5.07. The minimum Gasteiger partial charge on any atom is -0.406 e. The Morgan fingerprint density at radius 1 is 0.946 bits per heavy atom. The summed E-state index contributed by atoms with van der Waals surface area (Å²) in [5, 5.41) is 6.92. The topological polar surface area (TPSA) is 41.2 Å². The molecule has 10 heteroatoms. The first-order chi connectivity index (χ1) is 17.7. The van der Waals surface area contributed by atoms with Crippen molar-refractivity contribution in [1.82, 2.24) is 4.90 Å². The number of ether oxygens (including phenoxy) is 1. The van der Waals surface area contributed by atoms with Gasteiger partial charge in [0.1, 0.15) is 22.5 Å².